The number of rotatable bonds is 4. The van der Waals surface area contributed by atoms with E-state index in [9.17, 15) is 9.59 Å². The summed E-state index contributed by atoms with van der Waals surface area (Å²) < 4.78 is 11.2. The molecule has 1 atom stereocenters. The van der Waals surface area contributed by atoms with E-state index in [0.29, 0.717) is 23.0 Å². The highest BCUT2D eigenvalue weighted by Gasteiger charge is 2.32. The maximum Gasteiger partial charge on any atom is 0.263 e. The molecule has 4 rings (SSSR count). The van der Waals surface area contributed by atoms with Crippen LogP contribution >= 0.6 is 11.3 Å². The zero-order valence-corrected chi connectivity index (χ0v) is 15.4. The van der Waals surface area contributed by atoms with Gasteiger partial charge in [-0.15, -0.1) is 11.3 Å². The first-order chi connectivity index (χ1) is 13.1. The lowest BCUT2D eigenvalue weighted by atomic mass is 10.1. The molecule has 1 N–H and O–H groups in total. The van der Waals surface area contributed by atoms with Gasteiger partial charge < -0.3 is 19.4 Å². The molecule has 27 heavy (non-hydrogen) atoms. The van der Waals surface area contributed by atoms with E-state index in [1.165, 1.54) is 24.5 Å². The van der Waals surface area contributed by atoms with Crippen molar-refractivity contribution in [1.29, 1.82) is 0 Å². The van der Waals surface area contributed by atoms with Crippen molar-refractivity contribution >= 4 is 28.8 Å². The lowest BCUT2D eigenvalue weighted by Crippen LogP contribution is -2.50. The lowest BCUT2D eigenvalue weighted by Gasteiger charge is -2.33. The minimum atomic E-state index is -0.785. The van der Waals surface area contributed by atoms with Gasteiger partial charge in [0.1, 0.15) is 12.0 Å². The Morgan fingerprint density at radius 2 is 2.15 bits per heavy atom. The van der Waals surface area contributed by atoms with Gasteiger partial charge in [-0.25, -0.2) is 4.98 Å². The van der Waals surface area contributed by atoms with Crippen LogP contribution in [-0.2, 0) is 16.1 Å². The van der Waals surface area contributed by atoms with Crippen molar-refractivity contribution in [3.63, 3.8) is 0 Å². The normalized spacial score (nSPS) is 15.7. The highest BCUT2D eigenvalue weighted by atomic mass is 32.1. The number of fused-ring (bicyclic) bond motifs is 1. The summed E-state index contributed by atoms with van der Waals surface area (Å²) in [4.78, 5) is 31.3. The molecular formula is C19H17N3O4S. The van der Waals surface area contributed by atoms with Crippen LogP contribution < -0.4 is 15.0 Å². The monoisotopic (exact) mass is 383 g/mol. The smallest absolute Gasteiger partial charge is 0.263 e. The number of ether oxygens (including phenoxy) is 1. The first-order valence-corrected chi connectivity index (χ1v) is 9.29. The summed E-state index contributed by atoms with van der Waals surface area (Å²) >= 11 is 1.53. The van der Waals surface area contributed by atoms with Gasteiger partial charge in [0.05, 0.1) is 29.3 Å². The SMILES string of the molecule is CC(=O)N1C[C@@H](C(=O)NCc2coc(-c3cccs3)n2)Oc2ccccc21. The van der Waals surface area contributed by atoms with Crippen LogP contribution in [0.2, 0.25) is 0 Å². The number of anilines is 1. The van der Waals surface area contributed by atoms with Gasteiger partial charge >= 0.3 is 0 Å². The number of amides is 2. The molecule has 7 nitrogen and oxygen atoms in total. The molecule has 0 unspecified atom stereocenters. The second kappa shape index (κ2) is 7.24. The number of nitrogens with zero attached hydrogens (tertiary/aromatic N) is 2. The zero-order chi connectivity index (χ0) is 18.8. The second-order valence-corrected chi connectivity index (χ2v) is 6.99. The maximum absolute atomic E-state index is 12.6. The molecule has 0 bridgehead atoms. The molecule has 138 valence electrons. The van der Waals surface area contributed by atoms with E-state index < -0.39 is 6.10 Å². The van der Waals surface area contributed by atoms with Gasteiger partial charge in [0, 0.05) is 6.92 Å². The largest absolute Gasteiger partial charge is 0.477 e. The van der Waals surface area contributed by atoms with Gasteiger partial charge in [0.2, 0.25) is 11.8 Å². The third-order valence-electron chi connectivity index (χ3n) is 4.17. The van der Waals surface area contributed by atoms with Gasteiger partial charge in [0.15, 0.2) is 6.10 Å². The third-order valence-corrected chi connectivity index (χ3v) is 5.03. The van der Waals surface area contributed by atoms with Crippen LogP contribution in [0.5, 0.6) is 5.75 Å². The van der Waals surface area contributed by atoms with Crippen LogP contribution in [0.25, 0.3) is 10.8 Å². The number of carbonyl (C=O) groups is 2. The Balaban J connectivity index is 1.42. The predicted molar refractivity (Wildman–Crippen MR) is 101 cm³/mol. The van der Waals surface area contributed by atoms with Gasteiger partial charge in [-0.3, -0.25) is 9.59 Å². The van der Waals surface area contributed by atoms with E-state index in [4.69, 9.17) is 9.15 Å². The summed E-state index contributed by atoms with van der Waals surface area (Å²) in [6.45, 7) is 1.85. The molecule has 3 aromatic rings. The molecule has 2 amide bonds. The molecule has 0 fully saturated rings. The average Bonchev–Trinajstić information content (AvgIpc) is 3.36. The topological polar surface area (TPSA) is 84.7 Å². The molecule has 0 saturated heterocycles. The number of oxazole rings is 1. The number of hydrogen-bond acceptors (Lipinski definition) is 6. The Hall–Kier alpha value is -3.13. The molecule has 1 aliphatic rings. The summed E-state index contributed by atoms with van der Waals surface area (Å²) in [6.07, 6.45) is 0.737. The minimum absolute atomic E-state index is 0.138. The second-order valence-electron chi connectivity index (χ2n) is 6.04. The van der Waals surface area contributed by atoms with Crippen molar-refractivity contribution in [1.82, 2.24) is 10.3 Å². The zero-order valence-electron chi connectivity index (χ0n) is 14.5. The molecular weight excluding hydrogens is 366 g/mol. The fourth-order valence-electron chi connectivity index (χ4n) is 2.86. The minimum Gasteiger partial charge on any atom is -0.477 e. The Bertz CT molecular complexity index is 967. The Labute approximate surface area is 159 Å². The Morgan fingerprint density at radius 1 is 1.30 bits per heavy atom. The van der Waals surface area contributed by atoms with Crippen LogP contribution in [0, 0.1) is 0 Å². The first-order valence-electron chi connectivity index (χ1n) is 8.41. The van der Waals surface area contributed by atoms with Crippen LogP contribution in [0.4, 0.5) is 5.69 Å². The van der Waals surface area contributed by atoms with Crippen molar-refractivity contribution in [2.24, 2.45) is 0 Å². The first kappa shape index (κ1) is 17.3. The molecule has 8 heteroatoms. The van der Waals surface area contributed by atoms with E-state index in [0.717, 1.165) is 4.88 Å². The number of benzene rings is 1. The van der Waals surface area contributed by atoms with E-state index in [1.54, 1.807) is 23.1 Å². The highest BCUT2D eigenvalue weighted by molar-refractivity contribution is 7.13. The molecule has 0 spiro atoms. The Morgan fingerprint density at radius 3 is 2.93 bits per heavy atom. The average molecular weight is 383 g/mol. The van der Waals surface area contributed by atoms with Crippen molar-refractivity contribution in [3.05, 3.63) is 53.7 Å². The molecule has 0 aliphatic carbocycles. The standard InChI is InChI=1S/C19H17N3O4S/c1-12(23)22-10-16(26-15-6-3-2-5-14(15)22)18(24)20-9-13-11-25-19(21-13)17-7-4-8-27-17/h2-8,11,16H,9-10H2,1H3,(H,20,24)/t16-/m0/s1. The van der Waals surface area contributed by atoms with Crippen molar-refractivity contribution < 1.29 is 18.7 Å². The van der Waals surface area contributed by atoms with Gasteiger partial charge in [0.25, 0.3) is 5.91 Å². The fraction of sp³-hybridized carbons (Fsp3) is 0.211. The van der Waals surface area contributed by atoms with Crippen molar-refractivity contribution in [3.8, 4) is 16.5 Å². The van der Waals surface area contributed by atoms with Crippen LogP contribution in [-0.4, -0.2) is 29.4 Å². The van der Waals surface area contributed by atoms with E-state index >= 15 is 0 Å². The molecule has 1 aliphatic heterocycles. The number of thiophene rings is 1. The Kier molecular flexibility index (Phi) is 4.64. The third kappa shape index (κ3) is 3.56. The van der Waals surface area contributed by atoms with Crippen LogP contribution in [0.3, 0.4) is 0 Å². The fourth-order valence-corrected chi connectivity index (χ4v) is 3.52. The van der Waals surface area contributed by atoms with E-state index in [-0.39, 0.29) is 24.9 Å². The van der Waals surface area contributed by atoms with E-state index in [1.807, 2.05) is 23.6 Å². The van der Waals surface area contributed by atoms with Crippen LogP contribution in [0.15, 0.2) is 52.5 Å². The summed E-state index contributed by atoms with van der Waals surface area (Å²) in [7, 11) is 0. The number of nitrogens with one attached hydrogen (secondary N) is 1. The van der Waals surface area contributed by atoms with Gasteiger partial charge in [-0.05, 0) is 23.6 Å². The number of carbonyl (C=O) groups excluding carboxylic acids is 2. The molecule has 3 heterocycles. The number of aromatic nitrogens is 1. The molecule has 0 radical (unpaired) electrons. The molecule has 1 aromatic carbocycles. The highest BCUT2D eigenvalue weighted by Crippen LogP contribution is 2.33. The molecule has 0 saturated carbocycles. The summed E-state index contributed by atoms with van der Waals surface area (Å²) in [5.41, 5.74) is 1.29. The number of para-hydroxylation sites is 2. The number of hydrogen-bond donors (Lipinski definition) is 1. The predicted octanol–water partition coefficient (Wildman–Crippen LogP) is 2.83. The van der Waals surface area contributed by atoms with Gasteiger partial charge in [-0.2, -0.15) is 0 Å². The summed E-state index contributed by atoms with van der Waals surface area (Å²) in [5, 5.41) is 4.74. The summed E-state index contributed by atoms with van der Waals surface area (Å²) in [5.74, 6) is 0.595. The maximum atomic E-state index is 12.6. The van der Waals surface area contributed by atoms with Crippen molar-refractivity contribution in [2.75, 3.05) is 11.4 Å². The summed E-state index contributed by atoms with van der Waals surface area (Å²) in [6, 6.07) is 11.0. The van der Waals surface area contributed by atoms with Crippen LogP contribution in [0.1, 0.15) is 12.6 Å². The van der Waals surface area contributed by atoms with Crippen molar-refractivity contribution in [2.45, 2.75) is 19.6 Å². The quantitative estimate of drug-likeness (QED) is 0.749. The van der Waals surface area contributed by atoms with E-state index in [2.05, 4.69) is 10.3 Å². The molecule has 2 aromatic heterocycles. The van der Waals surface area contributed by atoms with Gasteiger partial charge in [-0.1, -0.05) is 18.2 Å². The lowest BCUT2D eigenvalue weighted by molar-refractivity contribution is -0.128.